The van der Waals surface area contributed by atoms with Crippen molar-refractivity contribution in [3.8, 4) is 11.1 Å². The molecule has 2 aromatic rings. The second kappa shape index (κ2) is 7.78. The first-order chi connectivity index (χ1) is 10.7. The van der Waals surface area contributed by atoms with Gasteiger partial charge < -0.3 is 10.0 Å². The monoisotopic (exact) mass is 292 g/mol. The van der Waals surface area contributed by atoms with Crippen molar-refractivity contribution in [3.63, 3.8) is 0 Å². The van der Waals surface area contributed by atoms with Crippen LogP contribution in [-0.4, -0.2) is 17.2 Å². The lowest BCUT2D eigenvalue weighted by Crippen LogP contribution is -2.29. The quantitative estimate of drug-likeness (QED) is 0.655. The van der Waals surface area contributed by atoms with Crippen molar-refractivity contribution in [3.05, 3.63) is 72.3 Å². The van der Waals surface area contributed by atoms with Gasteiger partial charge in [-0.3, -0.25) is 0 Å². The number of hydrogen-bond acceptors (Lipinski definition) is 2. The molecule has 2 aromatic carbocycles. The molecule has 0 saturated carbocycles. The van der Waals surface area contributed by atoms with Gasteiger partial charge in [-0.05, 0) is 47.1 Å². The van der Waals surface area contributed by atoms with Gasteiger partial charge in [-0.25, -0.2) is 0 Å². The Hall–Kier alpha value is -2.10. The minimum atomic E-state index is -1.44. The van der Waals surface area contributed by atoms with Crippen LogP contribution in [0.15, 0.2) is 66.8 Å². The molecular formula is C19H21BO2. The molecule has 2 nitrogen and oxygen atoms in total. The largest absolute Gasteiger partial charge is 0.488 e. The van der Waals surface area contributed by atoms with Crippen LogP contribution in [0.3, 0.4) is 0 Å². The summed E-state index contributed by atoms with van der Waals surface area (Å²) in [4.78, 5) is 0. The van der Waals surface area contributed by atoms with Gasteiger partial charge in [0.1, 0.15) is 0 Å². The minimum Gasteiger partial charge on any atom is -0.423 e. The maximum atomic E-state index is 9.31. The Labute approximate surface area is 132 Å². The van der Waals surface area contributed by atoms with Gasteiger partial charge in [0, 0.05) is 0 Å². The van der Waals surface area contributed by atoms with Crippen LogP contribution < -0.4 is 5.46 Å². The highest BCUT2D eigenvalue weighted by Gasteiger charge is 2.11. The number of hydrogen-bond donors (Lipinski definition) is 2. The SMILES string of the molecule is C/C=C(\C=C/CC)c1cccc(-c2cccc(B(O)O)c2)c1. The molecule has 22 heavy (non-hydrogen) atoms. The topological polar surface area (TPSA) is 40.5 Å². The molecule has 0 atom stereocenters. The Morgan fingerprint density at radius 2 is 1.73 bits per heavy atom. The number of benzene rings is 2. The summed E-state index contributed by atoms with van der Waals surface area (Å²) in [5.41, 5.74) is 4.87. The maximum absolute atomic E-state index is 9.31. The van der Waals surface area contributed by atoms with Crippen molar-refractivity contribution < 1.29 is 10.0 Å². The van der Waals surface area contributed by atoms with E-state index in [9.17, 15) is 10.0 Å². The number of allylic oxidation sites excluding steroid dienone is 4. The Bertz CT molecular complexity index is 687. The van der Waals surface area contributed by atoms with E-state index in [4.69, 9.17) is 0 Å². The molecular weight excluding hydrogens is 271 g/mol. The molecule has 0 unspecified atom stereocenters. The Morgan fingerprint density at radius 3 is 2.36 bits per heavy atom. The van der Waals surface area contributed by atoms with Crippen LogP contribution >= 0.6 is 0 Å². The van der Waals surface area contributed by atoms with E-state index >= 15 is 0 Å². The Balaban J connectivity index is 2.40. The van der Waals surface area contributed by atoms with Gasteiger partial charge in [-0.1, -0.05) is 67.6 Å². The van der Waals surface area contributed by atoms with Crippen LogP contribution in [0.5, 0.6) is 0 Å². The first-order valence-corrected chi connectivity index (χ1v) is 7.55. The molecule has 3 heteroatoms. The summed E-state index contributed by atoms with van der Waals surface area (Å²) in [5, 5.41) is 18.6. The van der Waals surface area contributed by atoms with Crippen LogP contribution in [0.2, 0.25) is 0 Å². The molecule has 0 aliphatic carbocycles. The normalized spacial score (nSPS) is 11.9. The van der Waals surface area contributed by atoms with Gasteiger partial charge in [0.2, 0.25) is 0 Å². The van der Waals surface area contributed by atoms with Gasteiger partial charge in [0.15, 0.2) is 0 Å². The standard InChI is InChI=1S/C19H21BO2/c1-3-5-8-15(4-2)16-9-6-10-17(13-16)18-11-7-12-19(14-18)20(21)22/h4-14,21-22H,3H2,1-2H3/b8-5-,15-4+. The summed E-state index contributed by atoms with van der Waals surface area (Å²) in [5.74, 6) is 0. The van der Waals surface area contributed by atoms with Gasteiger partial charge >= 0.3 is 7.12 Å². The van der Waals surface area contributed by atoms with Crippen molar-refractivity contribution in [1.29, 1.82) is 0 Å². The van der Waals surface area contributed by atoms with Crippen molar-refractivity contribution in [2.45, 2.75) is 20.3 Å². The molecule has 112 valence electrons. The second-order valence-electron chi connectivity index (χ2n) is 5.13. The predicted molar refractivity (Wildman–Crippen MR) is 94.8 cm³/mol. The maximum Gasteiger partial charge on any atom is 0.488 e. The summed E-state index contributed by atoms with van der Waals surface area (Å²) in [6.45, 7) is 4.15. The average Bonchev–Trinajstić information content (AvgIpc) is 2.56. The van der Waals surface area contributed by atoms with Crippen LogP contribution in [0.4, 0.5) is 0 Å². The van der Waals surface area contributed by atoms with Crippen molar-refractivity contribution in [1.82, 2.24) is 0 Å². The van der Waals surface area contributed by atoms with E-state index in [0.717, 1.165) is 23.1 Å². The molecule has 0 saturated heterocycles. The highest BCUT2D eigenvalue weighted by Crippen LogP contribution is 2.24. The molecule has 0 fully saturated rings. The zero-order valence-electron chi connectivity index (χ0n) is 13.0. The van der Waals surface area contributed by atoms with E-state index in [0.29, 0.717) is 5.46 Å². The summed E-state index contributed by atoms with van der Waals surface area (Å²) in [6, 6.07) is 15.6. The lowest BCUT2D eigenvalue weighted by atomic mass is 9.79. The minimum absolute atomic E-state index is 0.500. The molecule has 0 aliphatic rings. The molecule has 0 aromatic heterocycles. The summed E-state index contributed by atoms with van der Waals surface area (Å²) in [6.07, 6.45) is 7.38. The molecule has 0 aliphatic heterocycles. The predicted octanol–water partition coefficient (Wildman–Crippen LogP) is 3.40. The molecule has 0 heterocycles. The van der Waals surface area contributed by atoms with Crippen LogP contribution in [0, 0.1) is 0 Å². The van der Waals surface area contributed by atoms with Crippen LogP contribution in [0.25, 0.3) is 16.7 Å². The van der Waals surface area contributed by atoms with Gasteiger partial charge in [-0.15, -0.1) is 0 Å². The number of rotatable bonds is 5. The highest BCUT2D eigenvalue weighted by molar-refractivity contribution is 6.58. The van der Waals surface area contributed by atoms with E-state index in [1.165, 1.54) is 5.57 Å². The van der Waals surface area contributed by atoms with E-state index in [1.54, 1.807) is 12.1 Å². The molecule has 0 spiro atoms. The highest BCUT2D eigenvalue weighted by atomic mass is 16.4. The molecule has 2 rings (SSSR count). The third kappa shape index (κ3) is 3.97. The fraction of sp³-hybridized carbons (Fsp3) is 0.158. The lowest BCUT2D eigenvalue weighted by molar-refractivity contribution is 0.426. The third-order valence-corrected chi connectivity index (χ3v) is 3.56. The van der Waals surface area contributed by atoms with Crippen molar-refractivity contribution >= 4 is 18.2 Å². The fourth-order valence-corrected chi connectivity index (χ4v) is 2.36. The first-order valence-electron chi connectivity index (χ1n) is 7.55. The second-order valence-corrected chi connectivity index (χ2v) is 5.13. The molecule has 0 bridgehead atoms. The molecule has 0 radical (unpaired) electrons. The zero-order chi connectivity index (χ0) is 15.9. The fourth-order valence-electron chi connectivity index (χ4n) is 2.36. The van der Waals surface area contributed by atoms with E-state index in [-0.39, 0.29) is 0 Å². The Kier molecular flexibility index (Phi) is 5.76. The van der Waals surface area contributed by atoms with Crippen LogP contribution in [-0.2, 0) is 0 Å². The van der Waals surface area contributed by atoms with Gasteiger partial charge in [0.05, 0.1) is 0 Å². The smallest absolute Gasteiger partial charge is 0.423 e. The van der Waals surface area contributed by atoms with Crippen molar-refractivity contribution in [2.75, 3.05) is 0 Å². The lowest BCUT2D eigenvalue weighted by Gasteiger charge is -2.08. The van der Waals surface area contributed by atoms with Crippen LogP contribution in [0.1, 0.15) is 25.8 Å². The van der Waals surface area contributed by atoms with Gasteiger partial charge in [0.25, 0.3) is 0 Å². The summed E-state index contributed by atoms with van der Waals surface area (Å²) < 4.78 is 0. The Morgan fingerprint density at radius 1 is 1.05 bits per heavy atom. The van der Waals surface area contributed by atoms with E-state index in [1.807, 2.05) is 31.2 Å². The van der Waals surface area contributed by atoms with Gasteiger partial charge in [-0.2, -0.15) is 0 Å². The summed E-state index contributed by atoms with van der Waals surface area (Å²) >= 11 is 0. The average molecular weight is 292 g/mol. The van der Waals surface area contributed by atoms with E-state index < -0.39 is 7.12 Å². The summed E-state index contributed by atoms with van der Waals surface area (Å²) in [7, 11) is -1.44. The third-order valence-electron chi connectivity index (χ3n) is 3.56. The molecule has 0 amide bonds. The first kappa shape index (κ1) is 16.3. The zero-order valence-corrected chi connectivity index (χ0v) is 13.0. The molecule has 2 N–H and O–H groups in total. The van der Waals surface area contributed by atoms with E-state index in [2.05, 4.69) is 37.3 Å². The van der Waals surface area contributed by atoms with Crippen molar-refractivity contribution in [2.24, 2.45) is 0 Å².